The van der Waals surface area contributed by atoms with Gasteiger partial charge in [0.05, 0.1) is 6.61 Å². The molecule has 1 unspecified atom stereocenters. The summed E-state index contributed by atoms with van der Waals surface area (Å²) in [6, 6.07) is 0. The van der Waals surface area contributed by atoms with Crippen LogP contribution < -0.4 is 0 Å². The van der Waals surface area contributed by atoms with Gasteiger partial charge < -0.3 is 14.2 Å². The van der Waals surface area contributed by atoms with E-state index >= 15 is 0 Å². The third-order valence-electron chi connectivity index (χ3n) is 12.7. The van der Waals surface area contributed by atoms with Crippen LogP contribution >= 0.6 is 0 Å². The highest BCUT2D eigenvalue weighted by Crippen LogP contribution is 2.15. The normalized spacial score (nSPS) is 12.7. The van der Waals surface area contributed by atoms with Crippen LogP contribution in [0.25, 0.3) is 0 Å². The monoisotopic (exact) mass is 949 g/mol. The maximum atomic E-state index is 12.9. The average molecular weight is 950 g/mol. The van der Waals surface area contributed by atoms with Crippen molar-refractivity contribution in [3.8, 4) is 0 Å². The first-order valence-corrected chi connectivity index (χ1v) is 29.5. The van der Waals surface area contributed by atoms with Gasteiger partial charge in [0, 0.05) is 19.4 Å². The smallest absolute Gasteiger partial charge is 0.306 e. The third-order valence-corrected chi connectivity index (χ3v) is 12.7. The van der Waals surface area contributed by atoms with E-state index in [0.29, 0.717) is 19.4 Å². The van der Waals surface area contributed by atoms with Gasteiger partial charge in [0.2, 0.25) is 0 Å². The summed E-state index contributed by atoms with van der Waals surface area (Å²) in [4.78, 5) is 25.5. The molecule has 0 aromatic carbocycles. The van der Waals surface area contributed by atoms with Crippen molar-refractivity contribution < 1.29 is 23.8 Å². The Bertz CT molecular complexity index is 1210. The number of allylic oxidation sites excluding steroid dienone is 12. The van der Waals surface area contributed by atoms with E-state index in [1.54, 1.807) is 0 Å². The molecule has 0 amide bonds. The Balaban J connectivity index is 4.31. The van der Waals surface area contributed by atoms with Crippen LogP contribution in [-0.4, -0.2) is 37.9 Å². The van der Waals surface area contributed by atoms with E-state index in [1.807, 2.05) is 0 Å². The van der Waals surface area contributed by atoms with Gasteiger partial charge in [-0.1, -0.05) is 254 Å². The van der Waals surface area contributed by atoms with Crippen LogP contribution in [0.4, 0.5) is 0 Å². The number of esters is 2. The molecule has 0 radical (unpaired) electrons. The predicted octanol–water partition coefficient (Wildman–Crippen LogP) is 20.2. The Morgan fingerprint density at radius 1 is 0.324 bits per heavy atom. The molecular weight excluding hydrogens is 837 g/mol. The molecule has 0 rings (SSSR count). The summed E-state index contributed by atoms with van der Waals surface area (Å²) in [5.74, 6) is -0.416. The molecule has 5 heteroatoms. The second kappa shape index (κ2) is 58.7. The van der Waals surface area contributed by atoms with Crippen LogP contribution in [0.15, 0.2) is 72.9 Å². The van der Waals surface area contributed by atoms with Crippen LogP contribution in [-0.2, 0) is 23.8 Å². The minimum absolute atomic E-state index is 0.0735. The van der Waals surface area contributed by atoms with E-state index < -0.39 is 6.10 Å². The quantitative estimate of drug-likeness (QED) is 0.0345. The van der Waals surface area contributed by atoms with Crippen LogP contribution in [0.2, 0.25) is 0 Å². The number of carbonyl (C=O) groups excluding carboxylic acids is 2. The van der Waals surface area contributed by atoms with Crippen molar-refractivity contribution in [3.05, 3.63) is 72.9 Å². The zero-order chi connectivity index (χ0) is 49.2. The highest BCUT2D eigenvalue weighted by atomic mass is 16.6. The molecule has 0 bridgehead atoms. The molecule has 68 heavy (non-hydrogen) atoms. The van der Waals surface area contributed by atoms with Crippen molar-refractivity contribution in [2.75, 3.05) is 19.8 Å². The fourth-order valence-electron chi connectivity index (χ4n) is 8.29. The summed E-state index contributed by atoms with van der Waals surface area (Å²) in [6.45, 7) is 7.78. The molecule has 0 fully saturated rings. The first-order valence-electron chi connectivity index (χ1n) is 29.5. The van der Waals surface area contributed by atoms with E-state index in [9.17, 15) is 9.59 Å². The molecule has 0 saturated carbocycles. The minimum atomic E-state index is -0.550. The molecule has 1 atom stereocenters. The van der Waals surface area contributed by atoms with Crippen LogP contribution in [0.1, 0.15) is 290 Å². The predicted molar refractivity (Wildman–Crippen MR) is 297 cm³/mol. The lowest BCUT2D eigenvalue weighted by atomic mass is 10.0. The molecule has 0 N–H and O–H groups in total. The summed E-state index contributed by atoms with van der Waals surface area (Å²) in [7, 11) is 0. The minimum Gasteiger partial charge on any atom is -0.462 e. The van der Waals surface area contributed by atoms with Crippen LogP contribution in [0.5, 0.6) is 0 Å². The second-order valence-corrected chi connectivity index (χ2v) is 19.5. The van der Waals surface area contributed by atoms with Crippen LogP contribution in [0.3, 0.4) is 0 Å². The van der Waals surface area contributed by atoms with E-state index in [4.69, 9.17) is 14.2 Å². The van der Waals surface area contributed by atoms with Gasteiger partial charge >= 0.3 is 11.9 Å². The van der Waals surface area contributed by atoms with Crippen LogP contribution in [0, 0.1) is 0 Å². The fourth-order valence-corrected chi connectivity index (χ4v) is 8.29. The van der Waals surface area contributed by atoms with E-state index in [-0.39, 0.29) is 25.2 Å². The molecule has 0 aliphatic carbocycles. The van der Waals surface area contributed by atoms with Crippen molar-refractivity contribution in [3.63, 3.8) is 0 Å². The number of ether oxygens (including phenoxy) is 3. The number of carbonyl (C=O) groups is 2. The average Bonchev–Trinajstić information content (AvgIpc) is 3.34. The Morgan fingerprint density at radius 2 is 0.618 bits per heavy atom. The Labute approximate surface area is 423 Å². The van der Waals surface area contributed by atoms with Gasteiger partial charge in [0.25, 0.3) is 0 Å². The highest BCUT2D eigenvalue weighted by molar-refractivity contribution is 5.70. The van der Waals surface area contributed by atoms with Crippen molar-refractivity contribution >= 4 is 11.9 Å². The lowest BCUT2D eigenvalue weighted by molar-refractivity contribution is -0.163. The standard InChI is InChI=1S/C63H112O5/c1-4-7-10-13-16-19-22-25-28-30-32-34-36-38-41-44-47-50-53-56-62(64)67-60-61(59-66-58-55-52-49-46-43-40-27-24-21-18-15-12-9-6-3)68-63(65)57-54-51-48-45-42-39-37-35-33-31-29-26-23-20-17-14-11-8-5-2/h16-17,19-20,25-26,28-29,32-35,61H,4-15,18,21-24,27,30-31,36-60H2,1-3H3/b19-16-,20-17-,28-25-,29-26-,34-32-,35-33-. The summed E-state index contributed by atoms with van der Waals surface area (Å²) < 4.78 is 17.5. The van der Waals surface area contributed by atoms with E-state index in [1.165, 1.54) is 167 Å². The van der Waals surface area contributed by atoms with Crippen molar-refractivity contribution in [2.24, 2.45) is 0 Å². The van der Waals surface area contributed by atoms with Crippen molar-refractivity contribution in [1.29, 1.82) is 0 Å². The van der Waals surface area contributed by atoms with Crippen molar-refractivity contribution in [1.82, 2.24) is 0 Å². The molecule has 394 valence electrons. The van der Waals surface area contributed by atoms with Gasteiger partial charge in [-0.05, 0) is 96.3 Å². The topological polar surface area (TPSA) is 61.8 Å². The van der Waals surface area contributed by atoms with Gasteiger partial charge in [-0.2, -0.15) is 0 Å². The summed E-state index contributed by atoms with van der Waals surface area (Å²) in [5.41, 5.74) is 0. The Hall–Kier alpha value is -2.66. The second-order valence-electron chi connectivity index (χ2n) is 19.5. The summed E-state index contributed by atoms with van der Waals surface area (Å²) in [6.07, 6.45) is 76.3. The van der Waals surface area contributed by atoms with Gasteiger partial charge in [-0.25, -0.2) is 0 Å². The number of rotatable bonds is 54. The molecule has 0 aliphatic heterocycles. The summed E-state index contributed by atoms with van der Waals surface area (Å²) >= 11 is 0. The summed E-state index contributed by atoms with van der Waals surface area (Å²) in [5, 5.41) is 0. The zero-order valence-corrected chi connectivity index (χ0v) is 45.4. The molecule has 5 nitrogen and oxygen atoms in total. The number of hydrogen-bond acceptors (Lipinski definition) is 5. The van der Waals surface area contributed by atoms with Gasteiger partial charge in [-0.15, -0.1) is 0 Å². The fraction of sp³-hybridized carbons (Fsp3) is 0.778. The van der Waals surface area contributed by atoms with Gasteiger partial charge in [0.15, 0.2) is 6.10 Å². The van der Waals surface area contributed by atoms with Crippen molar-refractivity contribution in [2.45, 2.75) is 297 Å². The molecule has 0 heterocycles. The Morgan fingerprint density at radius 3 is 1.01 bits per heavy atom. The van der Waals surface area contributed by atoms with Gasteiger partial charge in [0.1, 0.15) is 6.61 Å². The molecule has 0 aliphatic rings. The molecule has 0 spiro atoms. The molecule has 0 aromatic rings. The molecule has 0 aromatic heterocycles. The molecule has 0 saturated heterocycles. The first-order chi connectivity index (χ1) is 33.6. The first kappa shape index (κ1) is 65.3. The maximum absolute atomic E-state index is 12.9. The highest BCUT2D eigenvalue weighted by Gasteiger charge is 2.17. The SMILES string of the molecule is CCCCC/C=C\C/C=C\C/C=C\CCCCCCCCC(=O)OCC(COCCCCCCCCCCCCCCCC)OC(=O)CCCCCCCC/C=C\C/C=C\C/C=C\CCCCC. The third kappa shape index (κ3) is 55.9. The maximum Gasteiger partial charge on any atom is 0.306 e. The van der Waals surface area contributed by atoms with E-state index in [2.05, 4.69) is 93.7 Å². The largest absolute Gasteiger partial charge is 0.462 e. The number of hydrogen-bond donors (Lipinski definition) is 0. The Kier molecular flexibility index (Phi) is 56.4. The molecular formula is C63H112O5. The zero-order valence-electron chi connectivity index (χ0n) is 45.4. The van der Waals surface area contributed by atoms with Gasteiger partial charge in [-0.3, -0.25) is 9.59 Å². The number of unbranched alkanes of at least 4 members (excludes halogenated alkanes) is 31. The lowest BCUT2D eigenvalue weighted by Crippen LogP contribution is -2.30. The van der Waals surface area contributed by atoms with E-state index in [0.717, 1.165) is 89.9 Å². The lowest BCUT2D eigenvalue weighted by Gasteiger charge is -2.18.